The summed E-state index contributed by atoms with van der Waals surface area (Å²) in [7, 11) is 1.64. The fourth-order valence-corrected chi connectivity index (χ4v) is 4.46. The summed E-state index contributed by atoms with van der Waals surface area (Å²) < 4.78 is 12.4. The highest BCUT2D eigenvalue weighted by Crippen LogP contribution is 2.35. The van der Waals surface area contributed by atoms with Gasteiger partial charge in [-0.2, -0.15) is 0 Å². The predicted molar refractivity (Wildman–Crippen MR) is 132 cm³/mol. The number of nitrogens with one attached hydrogen (secondary N) is 2. The Bertz CT molecular complexity index is 1050. The van der Waals surface area contributed by atoms with Crippen molar-refractivity contribution in [3.63, 3.8) is 0 Å². The molecule has 3 aromatic carbocycles. The van der Waals surface area contributed by atoms with E-state index in [0.29, 0.717) is 23.0 Å². The number of carbonyl (C=O) groups excluding carboxylic acids is 1. The van der Waals surface area contributed by atoms with E-state index in [-0.39, 0.29) is 12.5 Å². The fraction of sp³-hybridized carbons (Fsp3) is 0.174. The Morgan fingerprint density at radius 1 is 1.00 bits per heavy atom. The van der Waals surface area contributed by atoms with Crippen molar-refractivity contribution in [2.45, 2.75) is 13.5 Å². The highest BCUT2D eigenvalue weighted by molar-refractivity contribution is 9.11. The molecular weight excluding hydrogens is 548 g/mol. The predicted octanol–water partition coefficient (Wildman–Crippen LogP) is 6.81. The lowest BCUT2D eigenvalue weighted by atomic mass is 10.2. The van der Waals surface area contributed by atoms with Gasteiger partial charge in [0.05, 0.1) is 16.1 Å². The van der Waals surface area contributed by atoms with Crippen molar-refractivity contribution in [2.24, 2.45) is 0 Å². The van der Waals surface area contributed by atoms with Gasteiger partial charge in [0.2, 0.25) is 0 Å². The Balaban J connectivity index is 1.57. The van der Waals surface area contributed by atoms with E-state index in [0.717, 1.165) is 31.5 Å². The molecule has 0 unspecified atom stereocenters. The van der Waals surface area contributed by atoms with Crippen molar-refractivity contribution < 1.29 is 14.3 Å². The summed E-state index contributed by atoms with van der Waals surface area (Å²) in [5, 5.41) is 6.74. The first-order valence-corrected chi connectivity index (χ1v) is 11.4. The van der Waals surface area contributed by atoms with Crippen LogP contribution in [0.2, 0.25) is 5.02 Å². The number of amides is 1. The van der Waals surface area contributed by atoms with Gasteiger partial charge in [-0.25, -0.2) is 0 Å². The van der Waals surface area contributed by atoms with E-state index < -0.39 is 0 Å². The van der Waals surface area contributed by atoms with Crippen LogP contribution in [-0.2, 0) is 11.3 Å². The van der Waals surface area contributed by atoms with Crippen molar-refractivity contribution in [3.05, 3.63) is 79.7 Å². The Kier molecular flexibility index (Phi) is 8.23. The zero-order valence-corrected chi connectivity index (χ0v) is 20.9. The van der Waals surface area contributed by atoms with Crippen molar-refractivity contribution in [3.8, 4) is 11.5 Å². The van der Waals surface area contributed by atoms with E-state index in [1.807, 2.05) is 49.4 Å². The normalized spacial score (nSPS) is 10.5. The third kappa shape index (κ3) is 6.63. The Morgan fingerprint density at radius 2 is 1.65 bits per heavy atom. The summed E-state index contributed by atoms with van der Waals surface area (Å²) in [6.45, 7) is 2.40. The maximum Gasteiger partial charge on any atom is 0.262 e. The van der Waals surface area contributed by atoms with Gasteiger partial charge >= 0.3 is 0 Å². The molecule has 5 nitrogen and oxygen atoms in total. The number of carbonyl (C=O) groups is 1. The van der Waals surface area contributed by atoms with E-state index >= 15 is 0 Å². The lowest BCUT2D eigenvalue weighted by Gasteiger charge is -2.14. The molecule has 0 heterocycles. The van der Waals surface area contributed by atoms with Crippen LogP contribution in [-0.4, -0.2) is 19.6 Å². The highest BCUT2D eigenvalue weighted by atomic mass is 79.9. The van der Waals surface area contributed by atoms with Gasteiger partial charge in [0, 0.05) is 22.9 Å². The topological polar surface area (TPSA) is 59.6 Å². The van der Waals surface area contributed by atoms with Crippen LogP contribution in [0.5, 0.6) is 11.5 Å². The number of hydrogen-bond acceptors (Lipinski definition) is 4. The molecule has 0 saturated carbocycles. The number of aryl methyl sites for hydroxylation is 1. The SMILES string of the molecule is COc1ccc(NCc2cc(Br)c(OCC(=O)Nc3ccc(C)c(Cl)c3)c(Br)c2)cc1. The van der Waals surface area contributed by atoms with Gasteiger partial charge < -0.3 is 20.1 Å². The fourth-order valence-electron chi connectivity index (χ4n) is 2.77. The standard InChI is InChI=1S/C23H21Br2ClN2O3/c1-14-3-4-17(11-21(14)26)28-22(29)13-31-23-19(24)9-15(10-20(23)25)12-27-16-5-7-18(30-2)8-6-16/h3-11,27H,12-13H2,1-2H3,(H,28,29). The average Bonchev–Trinajstić information content (AvgIpc) is 2.74. The third-order valence-corrected chi connectivity index (χ3v) is 6.03. The molecule has 0 fully saturated rings. The zero-order valence-electron chi connectivity index (χ0n) is 17.0. The number of ether oxygens (including phenoxy) is 2. The molecule has 0 atom stereocenters. The van der Waals surface area contributed by atoms with Crippen LogP contribution in [0.15, 0.2) is 63.5 Å². The van der Waals surface area contributed by atoms with Crippen LogP contribution in [0.4, 0.5) is 11.4 Å². The summed E-state index contributed by atoms with van der Waals surface area (Å²) in [4.78, 5) is 12.2. The Hall–Kier alpha value is -2.22. The van der Waals surface area contributed by atoms with Gasteiger partial charge in [0.25, 0.3) is 5.91 Å². The number of rotatable bonds is 8. The molecule has 0 aliphatic carbocycles. The highest BCUT2D eigenvalue weighted by Gasteiger charge is 2.12. The molecule has 0 saturated heterocycles. The summed E-state index contributed by atoms with van der Waals surface area (Å²) >= 11 is 13.2. The van der Waals surface area contributed by atoms with E-state index in [1.54, 1.807) is 19.2 Å². The zero-order chi connectivity index (χ0) is 22.4. The first-order valence-electron chi connectivity index (χ1n) is 9.40. The average molecular weight is 569 g/mol. The lowest BCUT2D eigenvalue weighted by Crippen LogP contribution is -2.20. The summed E-state index contributed by atoms with van der Waals surface area (Å²) in [5.41, 5.74) is 3.61. The van der Waals surface area contributed by atoms with Gasteiger partial charge in [-0.3, -0.25) is 4.79 Å². The van der Waals surface area contributed by atoms with Crippen molar-refractivity contribution in [1.29, 1.82) is 0 Å². The molecule has 1 amide bonds. The van der Waals surface area contributed by atoms with E-state index in [9.17, 15) is 4.79 Å². The maximum absolute atomic E-state index is 12.2. The van der Waals surface area contributed by atoms with Crippen LogP contribution < -0.4 is 20.1 Å². The first kappa shape index (κ1) is 23.4. The van der Waals surface area contributed by atoms with Crippen LogP contribution in [0, 0.1) is 6.92 Å². The Morgan fingerprint density at radius 3 is 2.26 bits per heavy atom. The number of anilines is 2. The van der Waals surface area contributed by atoms with Crippen molar-refractivity contribution in [1.82, 2.24) is 0 Å². The van der Waals surface area contributed by atoms with Gasteiger partial charge in [0.1, 0.15) is 11.5 Å². The Labute approximate surface area is 203 Å². The smallest absolute Gasteiger partial charge is 0.262 e. The molecule has 0 spiro atoms. The summed E-state index contributed by atoms with van der Waals surface area (Å²) in [6.07, 6.45) is 0. The maximum atomic E-state index is 12.2. The molecule has 0 aliphatic heterocycles. The second kappa shape index (κ2) is 10.9. The molecule has 0 radical (unpaired) electrons. The van der Waals surface area contributed by atoms with Crippen molar-refractivity contribution >= 4 is 60.7 Å². The number of methoxy groups -OCH3 is 1. The van der Waals surface area contributed by atoms with E-state index in [2.05, 4.69) is 42.5 Å². The summed E-state index contributed by atoms with van der Waals surface area (Å²) in [5.74, 6) is 1.10. The third-order valence-electron chi connectivity index (χ3n) is 4.45. The molecule has 8 heteroatoms. The van der Waals surface area contributed by atoms with Gasteiger partial charge in [-0.15, -0.1) is 0 Å². The van der Waals surface area contributed by atoms with Gasteiger partial charge in [0.15, 0.2) is 6.61 Å². The molecule has 0 aromatic heterocycles. The van der Waals surface area contributed by atoms with Crippen LogP contribution in [0.1, 0.15) is 11.1 Å². The lowest BCUT2D eigenvalue weighted by molar-refractivity contribution is -0.118. The minimum atomic E-state index is -0.274. The van der Waals surface area contributed by atoms with Crippen molar-refractivity contribution in [2.75, 3.05) is 24.4 Å². The minimum absolute atomic E-state index is 0.133. The number of halogens is 3. The molecule has 3 rings (SSSR count). The summed E-state index contributed by atoms with van der Waals surface area (Å²) in [6, 6.07) is 17.0. The molecule has 0 bridgehead atoms. The molecule has 31 heavy (non-hydrogen) atoms. The van der Waals surface area contributed by atoms with Gasteiger partial charge in [-0.1, -0.05) is 17.7 Å². The first-order chi connectivity index (χ1) is 14.9. The molecule has 162 valence electrons. The monoisotopic (exact) mass is 566 g/mol. The largest absolute Gasteiger partial charge is 0.497 e. The van der Waals surface area contributed by atoms with Crippen LogP contribution in [0.3, 0.4) is 0 Å². The quantitative estimate of drug-likeness (QED) is 0.313. The molecule has 0 aliphatic rings. The number of hydrogen-bond donors (Lipinski definition) is 2. The van der Waals surface area contributed by atoms with E-state index in [1.165, 1.54) is 0 Å². The second-order valence-corrected chi connectivity index (χ2v) is 8.89. The second-order valence-electron chi connectivity index (χ2n) is 6.77. The minimum Gasteiger partial charge on any atom is -0.497 e. The van der Waals surface area contributed by atoms with Crippen LogP contribution in [0.25, 0.3) is 0 Å². The molecular formula is C23H21Br2ClN2O3. The van der Waals surface area contributed by atoms with Gasteiger partial charge in [-0.05, 0) is 98.4 Å². The van der Waals surface area contributed by atoms with E-state index in [4.69, 9.17) is 21.1 Å². The molecule has 2 N–H and O–H groups in total. The molecule has 3 aromatic rings. The number of benzene rings is 3. The van der Waals surface area contributed by atoms with Crippen LogP contribution >= 0.6 is 43.5 Å².